The number of esters is 1. The van der Waals surface area contributed by atoms with Crippen LogP contribution in [0.1, 0.15) is 35.3 Å². The molecule has 12 heteroatoms. The number of amidine groups is 3. The van der Waals surface area contributed by atoms with Gasteiger partial charge in [0.05, 0.1) is 35.4 Å². The fourth-order valence-corrected chi connectivity index (χ4v) is 5.33. The fourth-order valence-electron chi connectivity index (χ4n) is 3.27. The van der Waals surface area contributed by atoms with E-state index in [0.717, 1.165) is 22.4 Å². The normalized spacial score (nSPS) is 16.7. The van der Waals surface area contributed by atoms with Crippen molar-refractivity contribution >= 4 is 55.9 Å². The number of ether oxygens (including phenoxy) is 2. The molecule has 0 aliphatic carbocycles. The minimum Gasteiger partial charge on any atom is -0.493 e. The van der Waals surface area contributed by atoms with Crippen LogP contribution in [-0.4, -0.2) is 53.7 Å². The second-order valence-electron chi connectivity index (χ2n) is 8.17. The van der Waals surface area contributed by atoms with Crippen molar-refractivity contribution < 1.29 is 27.5 Å². The summed E-state index contributed by atoms with van der Waals surface area (Å²) in [5.74, 6) is -1.22. The van der Waals surface area contributed by atoms with Gasteiger partial charge in [-0.25, -0.2) is 18.1 Å². The number of benzene rings is 2. The Morgan fingerprint density at radius 3 is 2.47 bits per heavy atom. The van der Waals surface area contributed by atoms with Crippen LogP contribution in [0.2, 0.25) is 0 Å². The summed E-state index contributed by atoms with van der Waals surface area (Å²) in [4.78, 5) is 30.1. The zero-order valence-corrected chi connectivity index (χ0v) is 21.4. The Morgan fingerprint density at radius 1 is 1.14 bits per heavy atom. The molecule has 2 aromatic carbocycles. The van der Waals surface area contributed by atoms with Crippen molar-refractivity contribution in [2.24, 2.45) is 9.39 Å². The Balaban J connectivity index is 1.63. The molecule has 4 rings (SSSR count). The first-order valence-corrected chi connectivity index (χ1v) is 13.0. The predicted molar refractivity (Wildman–Crippen MR) is 138 cm³/mol. The van der Waals surface area contributed by atoms with Gasteiger partial charge in [0.25, 0.3) is 5.91 Å². The molecule has 0 bridgehead atoms. The van der Waals surface area contributed by atoms with Crippen LogP contribution >= 0.6 is 11.9 Å². The van der Waals surface area contributed by atoms with Gasteiger partial charge in [-0.15, -0.1) is 0 Å². The van der Waals surface area contributed by atoms with Crippen molar-refractivity contribution in [1.82, 2.24) is 4.90 Å². The monoisotopic (exact) mass is 526 g/mol. The highest BCUT2D eigenvalue weighted by molar-refractivity contribution is 8.16. The van der Waals surface area contributed by atoms with Gasteiger partial charge in [0, 0.05) is 0 Å². The van der Waals surface area contributed by atoms with Crippen molar-refractivity contribution in [3.63, 3.8) is 0 Å². The molecule has 2 aromatic rings. The highest BCUT2D eigenvalue weighted by atomic mass is 32.2. The van der Waals surface area contributed by atoms with E-state index in [1.54, 1.807) is 30.3 Å². The number of amides is 1. The zero-order chi connectivity index (χ0) is 26.2. The average molecular weight is 527 g/mol. The summed E-state index contributed by atoms with van der Waals surface area (Å²) < 4.78 is 40.2. The van der Waals surface area contributed by atoms with Gasteiger partial charge in [0.2, 0.25) is 20.2 Å². The Labute approximate surface area is 212 Å². The number of hydrogen-bond acceptors (Lipinski definition) is 9. The molecule has 2 aliphatic rings. The first-order chi connectivity index (χ1) is 17.0. The maximum absolute atomic E-state index is 12.7. The van der Waals surface area contributed by atoms with Crippen LogP contribution < -0.4 is 9.47 Å². The molecule has 0 atom stereocenters. The number of fused-ring (bicyclic) bond motifs is 1. The van der Waals surface area contributed by atoms with Gasteiger partial charge in [-0.05, 0) is 56.7 Å². The second-order valence-corrected chi connectivity index (χ2v) is 11.3. The van der Waals surface area contributed by atoms with Gasteiger partial charge in [-0.2, -0.15) is 9.39 Å². The van der Waals surface area contributed by atoms with Crippen molar-refractivity contribution in [2.45, 2.75) is 26.0 Å². The highest BCUT2D eigenvalue weighted by Gasteiger charge is 2.43. The number of carbonyl (C=O) groups excluding carboxylic acids is 2. The number of methoxy groups -OCH3 is 1. The number of aryl methyl sites for hydroxylation is 1. The Hall–Kier alpha value is -3.77. The minimum atomic E-state index is -3.82. The Bertz CT molecular complexity index is 1470. The maximum atomic E-state index is 12.7. The first-order valence-electron chi connectivity index (χ1n) is 10.7. The average Bonchev–Trinajstić information content (AvgIpc) is 3.27. The summed E-state index contributed by atoms with van der Waals surface area (Å²) in [5, 5.41) is 7.45. The molecular weight excluding hydrogens is 504 g/mol. The van der Waals surface area contributed by atoms with E-state index >= 15 is 0 Å². The maximum Gasteiger partial charge on any atom is 0.343 e. The van der Waals surface area contributed by atoms with Crippen LogP contribution in [0, 0.1) is 12.3 Å². The predicted octanol–water partition coefficient (Wildman–Crippen LogP) is 3.62. The number of nitrogens with zero attached hydrogens (tertiary/aromatic N) is 3. The largest absolute Gasteiger partial charge is 0.493 e. The van der Waals surface area contributed by atoms with Gasteiger partial charge in [0.15, 0.2) is 11.5 Å². The van der Waals surface area contributed by atoms with E-state index in [2.05, 4.69) is 9.39 Å². The number of nitrogens with one attached hydrogen (secondary N) is 1. The second kappa shape index (κ2) is 9.70. The zero-order valence-electron chi connectivity index (χ0n) is 19.8. The lowest BCUT2D eigenvalue weighted by Crippen LogP contribution is -2.46. The lowest BCUT2D eigenvalue weighted by molar-refractivity contribution is -0.114. The number of sulfone groups is 1. The summed E-state index contributed by atoms with van der Waals surface area (Å²) >= 11 is 0.734. The first kappa shape index (κ1) is 25.3. The highest BCUT2D eigenvalue weighted by Crippen LogP contribution is 2.33. The smallest absolute Gasteiger partial charge is 0.343 e. The van der Waals surface area contributed by atoms with E-state index < -0.39 is 27.0 Å². The molecule has 0 aromatic heterocycles. The van der Waals surface area contributed by atoms with E-state index in [9.17, 15) is 18.0 Å². The van der Waals surface area contributed by atoms with E-state index in [-0.39, 0.29) is 33.2 Å². The van der Waals surface area contributed by atoms with Crippen LogP contribution in [0.5, 0.6) is 11.5 Å². The molecule has 0 unspecified atom stereocenters. The Kier molecular flexibility index (Phi) is 6.83. The lowest BCUT2D eigenvalue weighted by atomic mass is 10.1. The Morgan fingerprint density at radius 2 is 1.83 bits per heavy atom. The number of carbonyl (C=O) groups is 2. The van der Waals surface area contributed by atoms with Crippen LogP contribution in [0.4, 0.5) is 0 Å². The number of hydrogen-bond donors (Lipinski definition) is 1. The van der Waals surface area contributed by atoms with Crippen LogP contribution in [0.15, 0.2) is 57.4 Å². The molecule has 2 heterocycles. The van der Waals surface area contributed by atoms with Crippen LogP contribution in [-0.2, 0) is 14.6 Å². The fraction of sp³-hybridized carbons (Fsp3) is 0.208. The molecule has 186 valence electrons. The molecule has 0 fully saturated rings. The van der Waals surface area contributed by atoms with Gasteiger partial charge < -0.3 is 9.47 Å². The number of rotatable bonds is 5. The molecular formula is C24H22N4O6S2. The molecule has 0 saturated carbocycles. The summed E-state index contributed by atoms with van der Waals surface area (Å²) in [7, 11) is -2.42. The molecule has 1 N–H and O–H groups in total. The number of aliphatic imine (C=N–C) groups is 1. The van der Waals surface area contributed by atoms with E-state index in [1.807, 2.05) is 6.92 Å². The van der Waals surface area contributed by atoms with Crippen LogP contribution in [0.3, 0.4) is 0 Å². The summed E-state index contributed by atoms with van der Waals surface area (Å²) in [6, 6.07) is 11.5. The molecule has 2 aliphatic heterocycles. The molecule has 0 spiro atoms. The summed E-state index contributed by atoms with van der Waals surface area (Å²) in [6.07, 6.45) is 1.39. The molecule has 0 saturated heterocycles. The molecule has 36 heavy (non-hydrogen) atoms. The van der Waals surface area contributed by atoms with E-state index in [0.29, 0.717) is 11.1 Å². The van der Waals surface area contributed by atoms with Crippen molar-refractivity contribution in [3.8, 4) is 11.5 Å². The quantitative estimate of drug-likeness (QED) is 0.270. The molecule has 10 nitrogen and oxygen atoms in total. The topological polar surface area (TPSA) is 139 Å². The van der Waals surface area contributed by atoms with Crippen molar-refractivity contribution in [2.75, 3.05) is 7.11 Å². The summed E-state index contributed by atoms with van der Waals surface area (Å²) in [6.45, 7) is 4.92. The minimum absolute atomic E-state index is 0.0114. The molecule has 0 radical (unpaired) electrons. The van der Waals surface area contributed by atoms with Crippen molar-refractivity contribution in [3.05, 3.63) is 64.7 Å². The van der Waals surface area contributed by atoms with Gasteiger partial charge in [0.1, 0.15) is 5.84 Å². The van der Waals surface area contributed by atoms with Crippen LogP contribution in [0.25, 0.3) is 6.08 Å². The van der Waals surface area contributed by atoms with Gasteiger partial charge >= 0.3 is 5.97 Å². The summed E-state index contributed by atoms with van der Waals surface area (Å²) in [5.41, 5.74) is 1.71. The standard InChI is InChI=1S/C24H22N4O6S2/c1-13(2)36(31,32)24-27-35-23-26-21(29)17(20(25)28(23)24)11-15-7-10-18(19(12-15)33-4)34-22(30)16-8-5-14(3)6-9-16/h5-13,25H,1-4H3/b17-11-,25-20?. The third-order valence-corrected chi connectivity index (χ3v) is 8.20. The van der Waals surface area contributed by atoms with E-state index in [1.165, 1.54) is 39.2 Å². The van der Waals surface area contributed by atoms with Gasteiger partial charge in [-0.1, -0.05) is 23.8 Å². The van der Waals surface area contributed by atoms with Gasteiger partial charge in [-0.3, -0.25) is 10.2 Å². The third kappa shape index (κ3) is 4.69. The van der Waals surface area contributed by atoms with E-state index in [4.69, 9.17) is 14.9 Å². The third-order valence-electron chi connectivity index (χ3n) is 5.36. The van der Waals surface area contributed by atoms with Crippen molar-refractivity contribution in [1.29, 1.82) is 5.41 Å². The molecule has 1 amide bonds. The SMILES string of the molecule is COc1cc(/C=C2/C(=N)N3C(=NC2=O)SN=C3S(=O)(=O)C(C)C)ccc1OC(=O)c1ccc(C)cc1. The lowest BCUT2D eigenvalue weighted by Gasteiger charge is -2.25.